The summed E-state index contributed by atoms with van der Waals surface area (Å²) in [4.78, 5) is 15.4. The van der Waals surface area contributed by atoms with Gasteiger partial charge in [-0.3, -0.25) is 9.78 Å². The molecule has 19 heavy (non-hydrogen) atoms. The molecule has 0 amide bonds. The highest BCUT2D eigenvalue weighted by Crippen LogP contribution is 2.25. The molecule has 1 aromatic carbocycles. The zero-order valence-electron chi connectivity index (χ0n) is 10.5. The van der Waals surface area contributed by atoms with E-state index in [0.717, 1.165) is 11.1 Å². The molecule has 0 saturated carbocycles. The van der Waals surface area contributed by atoms with Gasteiger partial charge >= 0.3 is 5.97 Å². The fourth-order valence-electron chi connectivity index (χ4n) is 1.93. The van der Waals surface area contributed by atoms with Crippen LogP contribution in [-0.4, -0.2) is 16.1 Å². The van der Waals surface area contributed by atoms with Gasteiger partial charge in [-0.1, -0.05) is 29.8 Å². The Bertz CT molecular complexity index is 584. The Morgan fingerprint density at radius 3 is 2.79 bits per heavy atom. The van der Waals surface area contributed by atoms with Crippen LogP contribution in [0.3, 0.4) is 0 Å². The monoisotopic (exact) mass is 275 g/mol. The van der Waals surface area contributed by atoms with Crippen LogP contribution in [0, 0.1) is 6.92 Å². The molecule has 0 aliphatic heterocycles. The molecule has 1 atom stereocenters. The quantitative estimate of drug-likeness (QED) is 0.930. The maximum atomic E-state index is 11.4. The third-order valence-corrected chi connectivity index (χ3v) is 3.47. The lowest BCUT2D eigenvalue weighted by atomic mass is 9.92. The first-order valence-electron chi connectivity index (χ1n) is 5.95. The molecule has 1 N–H and O–H groups in total. The number of carbonyl (C=O) groups is 1. The van der Waals surface area contributed by atoms with E-state index < -0.39 is 11.9 Å². The van der Waals surface area contributed by atoms with E-state index in [4.69, 9.17) is 11.6 Å². The van der Waals surface area contributed by atoms with Crippen molar-refractivity contribution in [3.05, 3.63) is 64.4 Å². The van der Waals surface area contributed by atoms with Gasteiger partial charge in [0.1, 0.15) is 0 Å². The largest absolute Gasteiger partial charge is 0.481 e. The fourth-order valence-corrected chi connectivity index (χ4v) is 2.12. The smallest absolute Gasteiger partial charge is 0.311 e. The van der Waals surface area contributed by atoms with Crippen molar-refractivity contribution in [3.8, 4) is 0 Å². The normalized spacial score (nSPS) is 12.1. The average Bonchev–Trinajstić information content (AvgIpc) is 2.40. The Balaban J connectivity index is 2.30. The molecular weight excluding hydrogens is 262 g/mol. The standard InChI is InChI=1S/C15H14ClNO2/c1-10-4-5-12(8-14(10)16)13(15(18)19)7-11-3-2-6-17-9-11/h2-6,8-9,13H,7H2,1H3,(H,18,19). The van der Waals surface area contributed by atoms with E-state index >= 15 is 0 Å². The number of halogens is 1. The minimum atomic E-state index is -0.858. The Kier molecular flexibility index (Phi) is 4.17. The highest BCUT2D eigenvalue weighted by atomic mass is 35.5. The van der Waals surface area contributed by atoms with E-state index in [1.54, 1.807) is 24.5 Å². The van der Waals surface area contributed by atoms with Crippen LogP contribution in [0.2, 0.25) is 5.02 Å². The lowest BCUT2D eigenvalue weighted by Gasteiger charge is -2.13. The van der Waals surface area contributed by atoms with Crippen molar-refractivity contribution in [2.75, 3.05) is 0 Å². The lowest BCUT2D eigenvalue weighted by Crippen LogP contribution is -2.14. The maximum absolute atomic E-state index is 11.4. The van der Waals surface area contributed by atoms with Gasteiger partial charge in [0.15, 0.2) is 0 Å². The number of carboxylic acids is 1. The molecule has 4 heteroatoms. The van der Waals surface area contributed by atoms with E-state index in [9.17, 15) is 9.90 Å². The summed E-state index contributed by atoms with van der Waals surface area (Å²) in [6.45, 7) is 1.89. The van der Waals surface area contributed by atoms with Gasteiger partial charge in [0.25, 0.3) is 0 Å². The number of aliphatic carboxylic acids is 1. The highest BCUT2D eigenvalue weighted by Gasteiger charge is 2.21. The topological polar surface area (TPSA) is 50.2 Å². The van der Waals surface area contributed by atoms with Crippen molar-refractivity contribution in [3.63, 3.8) is 0 Å². The molecule has 0 aliphatic rings. The summed E-state index contributed by atoms with van der Waals surface area (Å²) in [5, 5.41) is 9.98. The summed E-state index contributed by atoms with van der Waals surface area (Å²) in [7, 11) is 0. The summed E-state index contributed by atoms with van der Waals surface area (Å²) in [5.74, 6) is -1.47. The number of carboxylic acid groups (broad SMARTS) is 1. The van der Waals surface area contributed by atoms with Gasteiger partial charge in [-0.2, -0.15) is 0 Å². The van der Waals surface area contributed by atoms with E-state index in [1.807, 2.05) is 25.1 Å². The van der Waals surface area contributed by atoms with Crippen molar-refractivity contribution in [1.82, 2.24) is 4.98 Å². The zero-order valence-corrected chi connectivity index (χ0v) is 11.3. The van der Waals surface area contributed by atoms with Crippen LogP contribution in [0.4, 0.5) is 0 Å². The predicted molar refractivity (Wildman–Crippen MR) is 74.5 cm³/mol. The van der Waals surface area contributed by atoms with Gasteiger partial charge in [-0.15, -0.1) is 0 Å². The van der Waals surface area contributed by atoms with Crippen LogP contribution in [0.5, 0.6) is 0 Å². The summed E-state index contributed by atoms with van der Waals surface area (Å²) in [5.41, 5.74) is 2.55. The van der Waals surface area contributed by atoms with Crippen LogP contribution >= 0.6 is 11.6 Å². The summed E-state index contributed by atoms with van der Waals surface area (Å²) >= 11 is 6.06. The molecule has 1 heterocycles. The molecule has 3 nitrogen and oxygen atoms in total. The molecule has 0 fully saturated rings. The number of aryl methyl sites for hydroxylation is 1. The Labute approximate surface area is 116 Å². The Morgan fingerprint density at radius 1 is 1.42 bits per heavy atom. The van der Waals surface area contributed by atoms with Gasteiger partial charge in [0.2, 0.25) is 0 Å². The van der Waals surface area contributed by atoms with Gasteiger partial charge in [0, 0.05) is 17.4 Å². The molecule has 0 aliphatic carbocycles. The maximum Gasteiger partial charge on any atom is 0.311 e. The second kappa shape index (κ2) is 5.85. The number of benzene rings is 1. The van der Waals surface area contributed by atoms with E-state index in [0.29, 0.717) is 17.0 Å². The number of hydrogen-bond acceptors (Lipinski definition) is 2. The van der Waals surface area contributed by atoms with E-state index in [2.05, 4.69) is 4.98 Å². The lowest BCUT2D eigenvalue weighted by molar-refractivity contribution is -0.138. The van der Waals surface area contributed by atoms with E-state index in [-0.39, 0.29) is 0 Å². The summed E-state index contributed by atoms with van der Waals surface area (Å²) < 4.78 is 0. The molecular formula is C15H14ClNO2. The number of nitrogens with zero attached hydrogens (tertiary/aromatic N) is 1. The average molecular weight is 276 g/mol. The van der Waals surface area contributed by atoms with Crippen molar-refractivity contribution in [2.45, 2.75) is 19.3 Å². The molecule has 1 unspecified atom stereocenters. The molecule has 98 valence electrons. The number of hydrogen-bond donors (Lipinski definition) is 1. The number of pyridine rings is 1. The van der Waals surface area contributed by atoms with Crippen LogP contribution in [0.15, 0.2) is 42.7 Å². The molecule has 0 spiro atoms. The molecule has 0 radical (unpaired) electrons. The second-order valence-corrected chi connectivity index (χ2v) is 4.87. The predicted octanol–water partition coefficient (Wildman–Crippen LogP) is 3.45. The zero-order chi connectivity index (χ0) is 13.8. The van der Waals surface area contributed by atoms with Crippen molar-refractivity contribution in [2.24, 2.45) is 0 Å². The van der Waals surface area contributed by atoms with Gasteiger partial charge in [0.05, 0.1) is 5.92 Å². The molecule has 2 aromatic rings. The second-order valence-electron chi connectivity index (χ2n) is 4.46. The van der Waals surface area contributed by atoms with Crippen LogP contribution in [-0.2, 0) is 11.2 Å². The number of aromatic nitrogens is 1. The van der Waals surface area contributed by atoms with Crippen molar-refractivity contribution >= 4 is 17.6 Å². The minimum Gasteiger partial charge on any atom is -0.481 e. The van der Waals surface area contributed by atoms with E-state index in [1.165, 1.54) is 0 Å². The van der Waals surface area contributed by atoms with Crippen LogP contribution in [0.25, 0.3) is 0 Å². The molecule has 2 rings (SSSR count). The number of rotatable bonds is 4. The molecule has 0 saturated heterocycles. The Hall–Kier alpha value is -1.87. The summed E-state index contributed by atoms with van der Waals surface area (Å²) in [6.07, 6.45) is 3.76. The van der Waals surface area contributed by atoms with Gasteiger partial charge < -0.3 is 5.11 Å². The molecule has 1 aromatic heterocycles. The first-order chi connectivity index (χ1) is 9.08. The molecule has 0 bridgehead atoms. The SMILES string of the molecule is Cc1ccc(C(Cc2cccnc2)C(=O)O)cc1Cl. The van der Waals surface area contributed by atoms with Crippen molar-refractivity contribution < 1.29 is 9.90 Å². The third-order valence-electron chi connectivity index (χ3n) is 3.06. The summed E-state index contributed by atoms with van der Waals surface area (Å²) in [6, 6.07) is 9.06. The minimum absolute atomic E-state index is 0.405. The van der Waals surface area contributed by atoms with Crippen molar-refractivity contribution in [1.29, 1.82) is 0 Å². The highest BCUT2D eigenvalue weighted by molar-refractivity contribution is 6.31. The first kappa shape index (κ1) is 13.6. The Morgan fingerprint density at radius 2 is 2.21 bits per heavy atom. The van der Waals surface area contributed by atoms with Gasteiger partial charge in [-0.25, -0.2) is 0 Å². The van der Waals surface area contributed by atoms with Gasteiger partial charge in [-0.05, 0) is 42.2 Å². The fraction of sp³-hybridized carbons (Fsp3) is 0.200. The third kappa shape index (κ3) is 3.32. The van der Waals surface area contributed by atoms with Crippen LogP contribution in [0.1, 0.15) is 22.6 Å². The first-order valence-corrected chi connectivity index (χ1v) is 6.33. The van der Waals surface area contributed by atoms with Crippen LogP contribution < -0.4 is 0 Å².